The lowest BCUT2D eigenvalue weighted by Crippen LogP contribution is -2.46. The van der Waals surface area contributed by atoms with Crippen molar-refractivity contribution in [2.24, 2.45) is 10.8 Å². The molecule has 2 aromatic carbocycles. The number of hydrogen-bond donors (Lipinski definition) is 0. The van der Waals surface area contributed by atoms with Gasteiger partial charge in [0.25, 0.3) is 0 Å². The highest BCUT2D eigenvalue weighted by Crippen LogP contribution is 2.39. The van der Waals surface area contributed by atoms with Crippen molar-refractivity contribution in [1.29, 1.82) is 0 Å². The number of hydrogen-bond acceptors (Lipinski definition) is 6. The van der Waals surface area contributed by atoms with Crippen LogP contribution in [0.2, 0.25) is 0 Å². The van der Waals surface area contributed by atoms with E-state index in [9.17, 15) is 0 Å². The minimum absolute atomic E-state index is 0.121. The van der Waals surface area contributed by atoms with Gasteiger partial charge in [-0.2, -0.15) is 0 Å². The monoisotopic (exact) mass is 442 g/mol. The van der Waals surface area contributed by atoms with Crippen LogP contribution in [-0.2, 0) is 18.9 Å². The van der Waals surface area contributed by atoms with Gasteiger partial charge in [0.2, 0.25) is 0 Å². The van der Waals surface area contributed by atoms with E-state index in [-0.39, 0.29) is 24.4 Å². The Morgan fingerprint density at radius 3 is 1.84 bits per heavy atom. The molecule has 0 saturated carbocycles. The van der Waals surface area contributed by atoms with Crippen LogP contribution in [-0.4, -0.2) is 53.2 Å². The highest BCUT2D eigenvalue weighted by molar-refractivity contribution is 5.73. The summed E-state index contributed by atoms with van der Waals surface area (Å²) < 4.78 is 34.6. The lowest BCUT2D eigenvalue weighted by molar-refractivity contribution is -0.164. The van der Waals surface area contributed by atoms with Gasteiger partial charge in [-0.1, -0.05) is 56.3 Å². The smallest absolute Gasteiger partial charge is 0.189 e. The summed E-state index contributed by atoms with van der Waals surface area (Å²) >= 11 is 0. The minimum Gasteiger partial charge on any atom is -0.464 e. The Kier molecular flexibility index (Phi) is 7.68. The van der Waals surface area contributed by atoms with Gasteiger partial charge in [-0.05, 0) is 24.5 Å². The maximum Gasteiger partial charge on any atom is 0.189 e. The fourth-order valence-electron chi connectivity index (χ4n) is 3.91. The predicted molar refractivity (Wildman–Crippen MR) is 122 cm³/mol. The first-order chi connectivity index (χ1) is 15.7. The van der Waals surface area contributed by atoms with Crippen LogP contribution in [0.25, 0.3) is 11.1 Å². The van der Waals surface area contributed by atoms with Gasteiger partial charge in [-0.3, -0.25) is 0 Å². The quantitative estimate of drug-likeness (QED) is 0.324. The highest BCUT2D eigenvalue weighted by Gasteiger charge is 2.37. The fourth-order valence-corrected chi connectivity index (χ4v) is 3.91. The minimum atomic E-state index is 0.121. The molecule has 0 aliphatic carbocycles. The van der Waals surface area contributed by atoms with E-state index in [1.165, 1.54) is 0 Å². The van der Waals surface area contributed by atoms with Crippen molar-refractivity contribution in [3.8, 4) is 22.6 Å². The Labute approximate surface area is 190 Å². The van der Waals surface area contributed by atoms with Crippen molar-refractivity contribution < 1.29 is 28.4 Å². The Morgan fingerprint density at radius 2 is 1.31 bits per heavy atom. The van der Waals surface area contributed by atoms with Gasteiger partial charge in [0, 0.05) is 16.4 Å². The van der Waals surface area contributed by atoms with Crippen LogP contribution in [0.1, 0.15) is 26.7 Å². The zero-order valence-corrected chi connectivity index (χ0v) is 19.1. The van der Waals surface area contributed by atoms with Crippen molar-refractivity contribution in [1.82, 2.24) is 0 Å². The highest BCUT2D eigenvalue weighted by atomic mass is 16.7. The zero-order chi connectivity index (χ0) is 22.3. The SMILES string of the molecule is CCC1(COCOc2cccc(-c3ccccc3)c2OCOCC2(CC)COC2)COC1. The summed E-state index contributed by atoms with van der Waals surface area (Å²) in [6.07, 6.45) is 2.07. The van der Waals surface area contributed by atoms with Gasteiger partial charge in [0.1, 0.15) is 0 Å². The molecule has 0 N–H and O–H groups in total. The van der Waals surface area contributed by atoms with E-state index in [1.807, 2.05) is 36.4 Å². The van der Waals surface area contributed by atoms with Crippen molar-refractivity contribution in [2.75, 3.05) is 53.2 Å². The number of para-hydroxylation sites is 1. The average molecular weight is 443 g/mol. The molecule has 2 aliphatic heterocycles. The van der Waals surface area contributed by atoms with E-state index in [0.29, 0.717) is 24.7 Å². The molecule has 0 aromatic heterocycles. The molecule has 32 heavy (non-hydrogen) atoms. The largest absolute Gasteiger partial charge is 0.464 e. The van der Waals surface area contributed by atoms with Crippen LogP contribution in [0.3, 0.4) is 0 Å². The summed E-state index contributed by atoms with van der Waals surface area (Å²) in [6, 6.07) is 16.0. The molecule has 0 unspecified atom stereocenters. The predicted octanol–water partition coefficient (Wildman–Crippen LogP) is 4.91. The van der Waals surface area contributed by atoms with Crippen molar-refractivity contribution in [3.63, 3.8) is 0 Å². The summed E-state index contributed by atoms with van der Waals surface area (Å²) in [4.78, 5) is 0. The molecular formula is C26H34O6. The Balaban J connectivity index is 1.40. The Morgan fingerprint density at radius 1 is 0.719 bits per heavy atom. The van der Waals surface area contributed by atoms with Gasteiger partial charge in [0.15, 0.2) is 25.1 Å². The molecule has 6 nitrogen and oxygen atoms in total. The van der Waals surface area contributed by atoms with Gasteiger partial charge in [-0.15, -0.1) is 0 Å². The maximum absolute atomic E-state index is 6.12. The third-order valence-electron chi connectivity index (χ3n) is 6.60. The number of rotatable bonds is 13. The molecule has 6 heteroatoms. The molecule has 0 bridgehead atoms. The second kappa shape index (κ2) is 10.7. The normalized spacial score (nSPS) is 18.4. The molecule has 174 valence electrons. The van der Waals surface area contributed by atoms with E-state index in [1.54, 1.807) is 0 Å². The van der Waals surface area contributed by atoms with E-state index in [4.69, 9.17) is 28.4 Å². The topological polar surface area (TPSA) is 55.4 Å². The van der Waals surface area contributed by atoms with Crippen LogP contribution >= 0.6 is 0 Å². The van der Waals surface area contributed by atoms with Crippen LogP contribution in [0.15, 0.2) is 48.5 Å². The summed E-state index contributed by atoms with van der Waals surface area (Å²) in [5, 5.41) is 0. The Hall–Kier alpha value is -2.12. The molecule has 0 amide bonds. The number of benzene rings is 2. The molecule has 0 atom stereocenters. The van der Waals surface area contributed by atoms with Gasteiger partial charge in [0.05, 0.1) is 39.6 Å². The first-order valence-electron chi connectivity index (χ1n) is 11.4. The summed E-state index contributed by atoms with van der Waals surface area (Å²) in [5.41, 5.74) is 2.27. The van der Waals surface area contributed by atoms with Crippen LogP contribution in [0.4, 0.5) is 0 Å². The summed E-state index contributed by atoms with van der Waals surface area (Å²) in [7, 11) is 0. The molecule has 0 radical (unpaired) electrons. The first kappa shape index (κ1) is 23.1. The molecule has 2 saturated heterocycles. The molecule has 2 aliphatic rings. The molecular weight excluding hydrogens is 408 g/mol. The first-order valence-corrected chi connectivity index (χ1v) is 11.4. The number of ether oxygens (including phenoxy) is 6. The van der Waals surface area contributed by atoms with E-state index in [0.717, 1.165) is 50.4 Å². The fraction of sp³-hybridized carbons (Fsp3) is 0.538. The van der Waals surface area contributed by atoms with Crippen molar-refractivity contribution >= 4 is 0 Å². The average Bonchev–Trinajstić information content (AvgIpc) is 2.78. The van der Waals surface area contributed by atoms with Gasteiger partial charge < -0.3 is 28.4 Å². The molecule has 2 heterocycles. The summed E-state index contributed by atoms with van der Waals surface area (Å²) in [5.74, 6) is 1.30. The molecule has 2 aromatic rings. The molecule has 2 fully saturated rings. The van der Waals surface area contributed by atoms with Crippen LogP contribution in [0.5, 0.6) is 11.5 Å². The second-order valence-electron chi connectivity index (χ2n) is 8.91. The van der Waals surface area contributed by atoms with Crippen molar-refractivity contribution in [3.05, 3.63) is 48.5 Å². The van der Waals surface area contributed by atoms with Crippen LogP contribution in [0, 0.1) is 10.8 Å². The third-order valence-corrected chi connectivity index (χ3v) is 6.60. The van der Waals surface area contributed by atoms with Crippen LogP contribution < -0.4 is 9.47 Å². The lowest BCUT2D eigenvalue weighted by atomic mass is 9.84. The third kappa shape index (κ3) is 5.26. The Bertz CT molecular complexity index is 834. The van der Waals surface area contributed by atoms with E-state index >= 15 is 0 Å². The molecule has 0 spiro atoms. The van der Waals surface area contributed by atoms with Crippen molar-refractivity contribution in [2.45, 2.75) is 26.7 Å². The second-order valence-corrected chi connectivity index (χ2v) is 8.91. The van der Waals surface area contributed by atoms with Gasteiger partial charge in [-0.25, -0.2) is 0 Å². The standard InChI is InChI=1S/C26H34O6/c1-3-25(13-27-14-25)17-29-19-31-23-12-8-11-22(21-9-6-5-7-10-21)24(23)32-20-30-18-26(4-2)15-28-16-26/h5-12H,3-4,13-20H2,1-2H3. The summed E-state index contributed by atoms with van der Waals surface area (Å²) in [6.45, 7) is 8.90. The van der Waals surface area contributed by atoms with E-state index < -0.39 is 0 Å². The molecule has 4 rings (SSSR count). The van der Waals surface area contributed by atoms with Gasteiger partial charge >= 0.3 is 0 Å². The maximum atomic E-state index is 6.12. The zero-order valence-electron chi connectivity index (χ0n) is 19.1. The lowest BCUT2D eigenvalue weighted by Gasteiger charge is -2.40. The van der Waals surface area contributed by atoms with E-state index in [2.05, 4.69) is 26.0 Å².